The van der Waals surface area contributed by atoms with Crippen LogP contribution in [0.15, 0.2) is 0 Å². The van der Waals surface area contributed by atoms with Crippen molar-refractivity contribution in [2.24, 2.45) is 11.3 Å². The zero-order valence-corrected chi connectivity index (χ0v) is 10.2. The lowest BCUT2D eigenvalue weighted by molar-refractivity contribution is -0.165. The molecule has 4 nitrogen and oxygen atoms in total. The average molecular weight is 238 g/mol. The van der Waals surface area contributed by atoms with Crippen LogP contribution >= 0.6 is 0 Å². The predicted octanol–water partition coefficient (Wildman–Crippen LogP) is 1.82. The first-order valence-corrected chi connectivity index (χ1v) is 6.56. The Morgan fingerprint density at radius 3 is 2.71 bits per heavy atom. The van der Waals surface area contributed by atoms with Crippen molar-refractivity contribution in [3.8, 4) is 0 Å². The number of hydrogen-bond acceptors (Lipinski definition) is 4. The molecule has 3 rings (SSSR count). The van der Waals surface area contributed by atoms with Gasteiger partial charge in [-0.15, -0.1) is 0 Å². The Kier molecular flexibility index (Phi) is 2.25. The van der Waals surface area contributed by atoms with Gasteiger partial charge in [-0.2, -0.15) is 0 Å². The van der Waals surface area contributed by atoms with Crippen molar-refractivity contribution in [3.63, 3.8) is 0 Å². The molecule has 1 spiro atoms. The van der Waals surface area contributed by atoms with Gasteiger partial charge in [0.2, 0.25) is 0 Å². The van der Waals surface area contributed by atoms with E-state index in [2.05, 4.69) is 0 Å². The van der Waals surface area contributed by atoms with E-state index in [1.54, 1.807) is 6.92 Å². The van der Waals surface area contributed by atoms with Gasteiger partial charge < -0.3 is 9.47 Å². The van der Waals surface area contributed by atoms with E-state index in [0.29, 0.717) is 13.0 Å². The first kappa shape index (κ1) is 11.1. The van der Waals surface area contributed by atoms with Gasteiger partial charge in [0.05, 0.1) is 6.61 Å². The summed E-state index contributed by atoms with van der Waals surface area (Å²) in [5, 5.41) is 0. The Morgan fingerprint density at radius 1 is 1.41 bits per heavy atom. The quantitative estimate of drug-likeness (QED) is 0.544. The molecule has 0 radical (unpaired) electrons. The molecule has 0 aromatic heterocycles. The largest absolute Gasteiger partial charge is 0.465 e. The van der Waals surface area contributed by atoms with Crippen molar-refractivity contribution in [2.75, 3.05) is 6.61 Å². The third kappa shape index (κ3) is 1.30. The van der Waals surface area contributed by atoms with Gasteiger partial charge in [0, 0.05) is 5.92 Å². The van der Waals surface area contributed by atoms with Gasteiger partial charge in [-0.1, -0.05) is 6.42 Å². The van der Waals surface area contributed by atoms with Crippen LogP contribution in [0.3, 0.4) is 0 Å². The number of rotatable bonds is 2. The monoisotopic (exact) mass is 238 g/mol. The first-order chi connectivity index (χ1) is 8.16. The predicted molar refractivity (Wildman–Crippen MR) is 59.1 cm³/mol. The highest BCUT2D eigenvalue weighted by atomic mass is 16.6. The van der Waals surface area contributed by atoms with E-state index in [1.807, 2.05) is 0 Å². The van der Waals surface area contributed by atoms with Crippen LogP contribution in [-0.2, 0) is 19.1 Å². The Bertz CT molecular complexity index is 370. The molecule has 2 aliphatic carbocycles. The summed E-state index contributed by atoms with van der Waals surface area (Å²) >= 11 is 0. The highest BCUT2D eigenvalue weighted by molar-refractivity contribution is 6.06. The van der Waals surface area contributed by atoms with Crippen molar-refractivity contribution in [3.05, 3.63) is 0 Å². The van der Waals surface area contributed by atoms with E-state index in [0.717, 1.165) is 25.7 Å². The van der Waals surface area contributed by atoms with E-state index in [4.69, 9.17) is 9.47 Å². The van der Waals surface area contributed by atoms with Crippen molar-refractivity contribution >= 4 is 11.9 Å². The summed E-state index contributed by atoms with van der Waals surface area (Å²) in [6, 6.07) is 0. The van der Waals surface area contributed by atoms with Gasteiger partial charge in [-0.3, -0.25) is 9.59 Å². The van der Waals surface area contributed by atoms with E-state index in [1.165, 1.54) is 6.42 Å². The zero-order valence-electron chi connectivity index (χ0n) is 10.2. The molecular weight excluding hydrogens is 220 g/mol. The van der Waals surface area contributed by atoms with Gasteiger partial charge in [0.1, 0.15) is 5.60 Å². The molecule has 1 saturated heterocycles. The molecule has 3 fully saturated rings. The van der Waals surface area contributed by atoms with Crippen LogP contribution in [0.5, 0.6) is 0 Å². The second-order valence-corrected chi connectivity index (χ2v) is 5.46. The SMILES string of the molecule is CCOC(=O)[C@]12C[C@@H]1C1(CCCCC1)OC2=O. The van der Waals surface area contributed by atoms with Crippen molar-refractivity contribution < 1.29 is 19.1 Å². The van der Waals surface area contributed by atoms with Crippen molar-refractivity contribution in [2.45, 2.75) is 51.0 Å². The molecule has 2 atom stereocenters. The maximum Gasteiger partial charge on any atom is 0.324 e. The van der Waals surface area contributed by atoms with E-state index in [9.17, 15) is 9.59 Å². The molecule has 0 unspecified atom stereocenters. The van der Waals surface area contributed by atoms with Crippen molar-refractivity contribution in [1.82, 2.24) is 0 Å². The fraction of sp³-hybridized carbons (Fsp3) is 0.846. The molecule has 1 aliphatic heterocycles. The summed E-state index contributed by atoms with van der Waals surface area (Å²) in [4.78, 5) is 23.9. The minimum Gasteiger partial charge on any atom is -0.465 e. The summed E-state index contributed by atoms with van der Waals surface area (Å²) in [6.45, 7) is 2.09. The molecular formula is C13H18O4. The van der Waals surface area contributed by atoms with Crippen LogP contribution in [-0.4, -0.2) is 24.1 Å². The van der Waals surface area contributed by atoms with Gasteiger partial charge >= 0.3 is 11.9 Å². The lowest BCUT2D eigenvalue weighted by Gasteiger charge is -2.33. The molecule has 3 aliphatic rings. The Labute approximate surface area is 101 Å². The van der Waals surface area contributed by atoms with E-state index in [-0.39, 0.29) is 23.5 Å². The molecule has 0 N–H and O–H groups in total. The number of fused-ring (bicyclic) bond motifs is 2. The van der Waals surface area contributed by atoms with Gasteiger partial charge in [0.15, 0.2) is 5.41 Å². The van der Waals surface area contributed by atoms with Crippen LogP contribution in [0.4, 0.5) is 0 Å². The number of ether oxygens (including phenoxy) is 2. The summed E-state index contributed by atoms with van der Waals surface area (Å²) in [7, 11) is 0. The lowest BCUT2D eigenvalue weighted by atomic mass is 9.80. The van der Waals surface area contributed by atoms with Crippen LogP contribution in [0, 0.1) is 11.3 Å². The number of carbonyl (C=O) groups excluding carboxylic acids is 2. The summed E-state index contributed by atoms with van der Waals surface area (Å²) in [6.07, 6.45) is 5.89. The van der Waals surface area contributed by atoms with Crippen molar-refractivity contribution in [1.29, 1.82) is 0 Å². The molecule has 0 aromatic rings. The van der Waals surface area contributed by atoms with E-state index < -0.39 is 5.41 Å². The van der Waals surface area contributed by atoms with Gasteiger partial charge in [-0.05, 0) is 39.0 Å². The summed E-state index contributed by atoms with van der Waals surface area (Å²) in [5.74, 6) is -0.609. The third-order valence-corrected chi connectivity index (χ3v) is 4.60. The van der Waals surface area contributed by atoms with Crippen LogP contribution < -0.4 is 0 Å². The average Bonchev–Trinajstić information content (AvgIpc) is 3.03. The van der Waals surface area contributed by atoms with Gasteiger partial charge in [-0.25, -0.2) is 0 Å². The highest BCUT2D eigenvalue weighted by Crippen LogP contribution is 2.68. The smallest absolute Gasteiger partial charge is 0.324 e. The highest BCUT2D eigenvalue weighted by Gasteiger charge is 2.80. The summed E-state index contributed by atoms with van der Waals surface area (Å²) in [5.41, 5.74) is -1.25. The minimum absolute atomic E-state index is 0.0850. The Morgan fingerprint density at radius 2 is 2.12 bits per heavy atom. The Balaban J connectivity index is 1.84. The zero-order chi connectivity index (χ0) is 12.1. The molecule has 1 heterocycles. The fourth-order valence-electron chi connectivity index (χ4n) is 3.64. The molecule has 4 heteroatoms. The molecule has 0 aromatic carbocycles. The topological polar surface area (TPSA) is 52.6 Å². The Hall–Kier alpha value is -1.06. The molecule has 0 bridgehead atoms. The number of esters is 2. The lowest BCUT2D eigenvalue weighted by Crippen LogP contribution is -2.35. The minimum atomic E-state index is -0.923. The van der Waals surface area contributed by atoms with Crippen LogP contribution in [0.1, 0.15) is 45.4 Å². The molecule has 17 heavy (non-hydrogen) atoms. The molecule has 0 amide bonds. The third-order valence-electron chi connectivity index (χ3n) is 4.60. The second kappa shape index (κ2) is 3.47. The fourth-order valence-corrected chi connectivity index (χ4v) is 3.64. The maximum atomic E-state index is 12.0. The van der Waals surface area contributed by atoms with Crippen LogP contribution in [0.2, 0.25) is 0 Å². The maximum absolute atomic E-state index is 12.0. The van der Waals surface area contributed by atoms with Gasteiger partial charge in [0.25, 0.3) is 0 Å². The van der Waals surface area contributed by atoms with E-state index >= 15 is 0 Å². The second-order valence-electron chi connectivity index (χ2n) is 5.46. The first-order valence-electron chi connectivity index (χ1n) is 6.56. The standard InChI is InChI=1S/C13H18O4/c1-2-16-10(14)13-8-9(13)12(17-11(13)15)6-4-3-5-7-12/h9H,2-8H2,1H3/t9-,13+/m1/s1. The normalized spacial score (nSPS) is 37.5. The number of hydrogen-bond donors (Lipinski definition) is 0. The summed E-state index contributed by atoms with van der Waals surface area (Å²) < 4.78 is 10.6. The number of carbonyl (C=O) groups is 2. The van der Waals surface area contributed by atoms with Crippen LogP contribution in [0.25, 0.3) is 0 Å². The molecule has 94 valence electrons. The molecule has 2 saturated carbocycles.